The number of hydrogen-bond donors (Lipinski definition) is 2. The summed E-state index contributed by atoms with van der Waals surface area (Å²) < 4.78 is 14.8. The first kappa shape index (κ1) is 16.9. The predicted molar refractivity (Wildman–Crippen MR) is 98.2 cm³/mol. The maximum atomic E-state index is 14.8. The Bertz CT molecular complexity index is 670. The first-order chi connectivity index (χ1) is 11.7. The lowest BCUT2D eigenvalue weighted by atomic mass is 9.53. The van der Waals surface area contributed by atoms with Crippen LogP contribution in [0.25, 0.3) is 0 Å². The minimum absolute atomic E-state index is 0.0133. The lowest BCUT2D eigenvalue weighted by Crippen LogP contribution is -2.63. The highest BCUT2D eigenvalue weighted by Crippen LogP contribution is 2.57. The summed E-state index contributed by atoms with van der Waals surface area (Å²) in [6, 6.07) is 8.21. The minimum Gasteiger partial charge on any atom is -0.372 e. The molecule has 0 aromatic heterocycles. The molecule has 0 heterocycles. The van der Waals surface area contributed by atoms with Crippen molar-refractivity contribution in [1.82, 2.24) is 5.32 Å². The van der Waals surface area contributed by atoms with Crippen LogP contribution < -0.4 is 10.6 Å². The first-order valence-electron chi connectivity index (χ1n) is 9.59. The Kier molecular flexibility index (Phi) is 3.86. The summed E-state index contributed by atoms with van der Waals surface area (Å²) in [5.41, 5.74) is 0.464. The van der Waals surface area contributed by atoms with Crippen LogP contribution in [0.1, 0.15) is 51.5 Å². The summed E-state index contributed by atoms with van der Waals surface area (Å²) in [6.07, 6.45) is 4.19. The molecule has 4 heteroatoms. The number of nitrogens with one attached hydrogen (secondary N) is 2. The van der Waals surface area contributed by atoms with E-state index in [2.05, 4.69) is 10.6 Å². The number of rotatable bonds is 4. The average molecular weight is 344 g/mol. The fraction of sp³-hybridized carbons (Fsp3) is 0.667. The van der Waals surface area contributed by atoms with E-state index >= 15 is 0 Å². The number of aryl methyl sites for hydroxylation is 1. The maximum absolute atomic E-state index is 14.8. The maximum Gasteiger partial charge on any atom is 0.245 e. The smallest absolute Gasteiger partial charge is 0.245 e. The van der Waals surface area contributed by atoms with E-state index in [0.29, 0.717) is 30.6 Å². The fourth-order valence-electron chi connectivity index (χ4n) is 5.63. The highest BCUT2D eigenvalue weighted by Gasteiger charge is 2.56. The summed E-state index contributed by atoms with van der Waals surface area (Å²) in [5, 5.41) is 6.64. The summed E-state index contributed by atoms with van der Waals surface area (Å²) >= 11 is 0. The lowest BCUT2D eigenvalue weighted by molar-refractivity contribution is -0.133. The molecule has 1 aromatic rings. The van der Waals surface area contributed by atoms with Gasteiger partial charge in [0.15, 0.2) is 0 Å². The topological polar surface area (TPSA) is 41.1 Å². The van der Waals surface area contributed by atoms with Gasteiger partial charge in [-0.25, -0.2) is 4.39 Å². The molecule has 4 aliphatic carbocycles. The second kappa shape index (κ2) is 5.72. The van der Waals surface area contributed by atoms with Crippen LogP contribution in [0.15, 0.2) is 24.3 Å². The van der Waals surface area contributed by atoms with E-state index in [4.69, 9.17) is 0 Å². The van der Waals surface area contributed by atoms with Gasteiger partial charge >= 0.3 is 0 Å². The van der Waals surface area contributed by atoms with Crippen molar-refractivity contribution < 1.29 is 9.18 Å². The summed E-state index contributed by atoms with van der Waals surface area (Å²) in [7, 11) is 0. The monoisotopic (exact) mass is 344 g/mol. The van der Waals surface area contributed by atoms with Gasteiger partial charge in [0.05, 0.1) is 0 Å². The van der Waals surface area contributed by atoms with Gasteiger partial charge in [-0.3, -0.25) is 4.79 Å². The van der Waals surface area contributed by atoms with Crippen molar-refractivity contribution in [2.45, 2.75) is 70.1 Å². The zero-order valence-electron chi connectivity index (χ0n) is 15.4. The van der Waals surface area contributed by atoms with Crippen LogP contribution >= 0.6 is 0 Å². The number of anilines is 1. The highest BCUT2D eigenvalue weighted by atomic mass is 19.1. The number of amides is 1. The zero-order valence-corrected chi connectivity index (χ0v) is 15.4. The average Bonchev–Trinajstić information content (AvgIpc) is 2.48. The molecule has 0 spiro atoms. The van der Waals surface area contributed by atoms with Crippen LogP contribution in [0.5, 0.6) is 0 Å². The van der Waals surface area contributed by atoms with Crippen LogP contribution in [0.4, 0.5) is 10.1 Å². The van der Waals surface area contributed by atoms with Gasteiger partial charge in [-0.15, -0.1) is 0 Å². The molecule has 136 valence electrons. The minimum atomic E-state index is -0.951. The van der Waals surface area contributed by atoms with Crippen LogP contribution in [0.2, 0.25) is 0 Å². The number of alkyl halides is 1. The van der Waals surface area contributed by atoms with Crippen molar-refractivity contribution in [3.05, 3.63) is 29.8 Å². The van der Waals surface area contributed by atoms with E-state index in [1.807, 2.05) is 45.0 Å². The van der Waals surface area contributed by atoms with Gasteiger partial charge in [0.2, 0.25) is 5.91 Å². The first-order valence-corrected chi connectivity index (χ1v) is 9.59. The van der Waals surface area contributed by atoms with Crippen molar-refractivity contribution in [2.75, 3.05) is 5.32 Å². The van der Waals surface area contributed by atoms with Crippen molar-refractivity contribution in [2.24, 2.45) is 17.8 Å². The fourth-order valence-corrected chi connectivity index (χ4v) is 5.63. The van der Waals surface area contributed by atoms with Gasteiger partial charge < -0.3 is 10.6 Å². The molecule has 4 saturated carbocycles. The Balaban J connectivity index is 1.44. The molecule has 4 bridgehead atoms. The van der Waals surface area contributed by atoms with E-state index in [-0.39, 0.29) is 11.9 Å². The number of benzene rings is 1. The SMILES string of the molecule is Cc1cccc(NC(C)(C)C(=O)NC2[C@@H]3CC4C[C@H]2CC(F)(C4)C3)c1. The second-order valence-electron chi connectivity index (χ2n) is 9.24. The Morgan fingerprint density at radius 3 is 2.48 bits per heavy atom. The van der Waals surface area contributed by atoms with E-state index in [0.717, 1.165) is 30.5 Å². The van der Waals surface area contributed by atoms with Gasteiger partial charge in [0.1, 0.15) is 11.2 Å². The molecule has 25 heavy (non-hydrogen) atoms. The number of carbonyl (C=O) groups is 1. The number of halogens is 1. The third kappa shape index (κ3) is 3.16. The van der Waals surface area contributed by atoms with Crippen LogP contribution in [0, 0.1) is 24.7 Å². The Labute approximate surface area is 149 Å². The standard InChI is InChI=1S/C21H29FN2O/c1-13-5-4-6-17(7-13)24-20(2,3)19(25)23-18-15-8-14-9-16(18)12-21(22,10-14)11-15/h4-7,14-16,18,24H,8-12H2,1-3H3,(H,23,25)/t14?,15-,16+,18?,21?. The Hall–Kier alpha value is -1.58. The summed E-state index contributed by atoms with van der Waals surface area (Å²) in [4.78, 5) is 13.0. The number of carbonyl (C=O) groups excluding carboxylic acids is 1. The largest absolute Gasteiger partial charge is 0.372 e. The van der Waals surface area contributed by atoms with Gasteiger partial charge in [0, 0.05) is 11.7 Å². The van der Waals surface area contributed by atoms with Crippen LogP contribution in [-0.2, 0) is 4.79 Å². The molecule has 3 nitrogen and oxygen atoms in total. The summed E-state index contributed by atoms with van der Waals surface area (Å²) in [6.45, 7) is 5.87. The molecule has 1 amide bonds. The highest BCUT2D eigenvalue weighted by molar-refractivity contribution is 5.88. The predicted octanol–water partition coefficient (Wildman–Crippen LogP) is 4.22. The molecule has 0 radical (unpaired) electrons. The molecule has 1 aromatic carbocycles. The van der Waals surface area contributed by atoms with Crippen molar-refractivity contribution in [3.63, 3.8) is 0 Å². The van der Waals surface area contributed by atoms with Gasteiger partial charge in [-0.2, -0.15) is 0 Å². The number of hydrogen-bond acceptors (Lipinski definition) is 2. The molecule has 4 fully saturated rings. The molecule has 2 N–H and O–H groups in total. The second-order valence-corrected chi connectivity index (χ2v) is 9.24. The Morgan fingerprint density at radius 1 is 1.20 bits per heavy atom. The quantitative estimate of drug-likeness (QED) is 0.859. The van der Waals surface area contributed by atoms with Gasteiger partial charge in [0.25, 0.3) is 0 Å². The van der Waals surface area contributed by atoms with E-state index in [1.165, 1.54) is 0 Å². The van der Waals surface area contributed by atoms with Crippen molar-refractivity contribution in [1.29, 1.82) is 0 Å². The summed E-state index contributed by atoms with van der Waals surface area (Å²) in [5.74, 6) is 1.18. The van der Waals surface area contributed by atoms with Crippen molar-refractivity contribution >= 4 is 11.6 Å². The van der Waals surface area contributed by atoms with E-state index in [1.54, 1.807) is 0 Å². The lowest BCUT2D eigenvalue weighted by Gasteiger charge is -2.57. The molecule has 3 unspecified atom stereocenters. The van der Waals surface area contributed by atoms with Crippen LogP contribution in [0.3, 0.4) is 0 Å². The molecule has 5 rings (SSSR count). The third-order valence-corrected chi connectivity index (χ3v) is 6.54. The van der Waals surface area contributed by atoms with Crippen molar-refractivity contribution in [3.8, 4) is 0 Å². The van der Waals surface area contributed by atoms with Gasteiger partial charge in [-0.05, 0) is 88.3 Å². The van der Waals surface area contributed by atoms with E-state index < -0.39 is 11.2 Å². The molecule has 0 saturated heterocycles. The molecular weight excluding hydrogens is 315 g/mol. The zero-order chi connectivity index (χ0) is 17.8. The van der Waals surface area contributed by atoms with Crippen LogP contribution in [-0.4, -0.2) is 23.2 Å². The Morgan fingerprint density at radius 2 is 1.88 bits per heavy atom. The molecular formula is C21H29FN2O. The van der Waals surface area contributed by atoms with E-state index in [9.17, 15) is 9.18 Å². The molecule has 5 atom stereocenters. The van der Waals surface area contributed by atoms with Gasteiger partial charge in [-0.1, -0.05) is 12.1 Å². The normalized spacial score (nSPS) is 36.3. The third-order valence-electron chi connectivity index (χ3n) is 6.54. The molecule has 0 aliphatic heterocycles. The molecule has 4 aliphatic rings.